The molecule has 0 spiro atoms. The monoisotopic (exact) mass is 328 g/mol. The molecule has 0 atom stereocenters. The number of hydrogen-bond donors (Lipinski definition) is 2. The highest BCUT2D eigenvalue weighted by Gasteiger charge is 2.42. The molecule has 1 fully saturated rings. The maximum Gasteiger partial charge on any atom is 0.284 e. The SMILES string of the molecule is CC(C)(C)OC(=N)N1CCC(c2ccccc2)(c2nn[nH]n2)CC1. The fourth-order valence-corrected chi connectivity index (χ4v) is 3.21. The molecule has 0 unspecified atom stereocenters. The summed E-state index contributed by atoms with van der Waals surface area (Å²) in [5.41, 5.74) is 0.556. The van der Waals surface area contributed by atoms with Crippen LogP contribution >= 0.6 is 0 Å². The molecule has 0 bridgehead atoms. The van der Waals surface area contributed by atoms with Gasteiger partial charge in [-0.1, -0.05) is 35.5 Å². The second-order valence-corrected chi connectivity index (χ2v) is 7.19. The Kier molecular flexibility index (Phi) is 4.26. The van der Waals surface area contributed by atoms with Crippen LogP contribution in [-0.4, -0.2) is 50.2 Å². The number of amidine groups is 1. The third-order valence-electron chi connectivity index (χ3n) is 4.41. The topological polar surface area (TPSA) is 90.8 Å². The van der Waals surface area contributed by atoms with Crippen molar-refractivity contribution in [2.75, 3.05) is 13.1 Å². The number of nitrogens with zero attached hydrogens (tertiary/aromatic N) is 4. The molecule has 1 aromatic carbocycles. The molecule has 24 heavy (non-hydrogen) atoms. The first-order valence-electron chi connectivity index (χ1n) is 8.23. The van der Waals surface area contributed by atoms with Crippen molar-refractivity contribution in [3.8, 4) is 0 Å². The Morgan fingerprint density at radius 1 is 1.21 bits per heavy atom. The Morgan fingerprint density at radius 2 is 1.88 bits per heavy atom. The number of tetrazole rings is 1. The van der Waals surface area contributed by atoms with Gasteiger partial charge >= 0.3 is 0 Å². The highest BCUT2D eigenvalue weighted by Crippen LogP contribution is 2.39. The maximum atomic E-state index is 8.20. The molecular weight excluding hydrogens is 304 g/mol. The van der Waals surface area contributed by atoms with Gasteiger partial charge in [-0.3, -0.25) is 5.41 Å². The molecule has 7 heteroatoms. The number of likely N-dealkylation sites (tertiary alicyclic amines) is 1. The third kappa shape index (κ3) is 3.25. The van der Waals surface area contributed by atoms with Gasteiger partial charge in [0.15, 0.2) is 5.82 Å². The first-order valence-corrected chi connectivity index (χ1v) is 8.23. The van der Waals surface area contributed by atoms with Gasteiger partial charge < -0.3 is 9.64 Å². The van der Waals surface area contributed by atoms with Crippen molar-refractivity contribution in [2.24, 2.45) is 0 Å². The van der Waals surface area contributed by atoms with Gasteiger partial charge in [0.25, 0.3) is 6.02 Å². The normalized spacial score (nSPS) is 17.5. The summed E-state index contributed by atoms with van der Waals surface area (Å²) in [6, 6.07) is 10.5. The van der Waals surface area contributed by atoms with Gasteiger partial charge in [0, 0.05) is 13.1 Å². The third-order valence-corrected chi connectivity index (χ3v) is 4.41. The van der Waals surface area contributed by atoms with Crippen LogP contribution in [0.5, 0.6) is 0 Å². The van der Waals surface area contributed by atoms with E-state index < -0.39 is 0 Å². The molecule has 1 aliphatic rings. The summed E-state index contributed by atoms with van der Waals surface area (Å²) in [5.74, 6) is 0.719. The molecule has 128 valence electrons. The van der Waals surface area contributed by atoms with Crippen molar-refractivity contribution in [1.29, 1.82) is 5.41 Å². The van der Waals surface area contributed by atoms with Crippen LogP contribution in [0.1, 0.15) is 45.0 Å². The zero-order valence-corrected chi connectivity index (χ0v) is 14.4. The largest absolute Gasteiger partial charge is 0.460 e. The van der Waals surface area contributed by atoms with Crippen molar-refractivity contribution < 1.29 is 4.74 Å². The van der Waals surface area contributed by atoms with E-state index in [2.05, 4.69) is 32.8 Å². The Bertz CT molecular complexity index is 669. The van der Waals surface area contributed by atoms with Crippen LogP contribution in [-0.2, 0) is 10.2 Å². The highest BCUT2D eigenvalue weighted by atomic mass is 16.5. The Balaban J connectivity index is 1.81. The molecule has 2 aromatic rings. The van der Waals surface area contributed by atoms with Gasteiger partial charge in [0.05, 0.1) is 5.41 Å². The molecule has 0 saturated carbocycles. The number of ether oxygens (including phenoxy) is 1. The van der Waals surface area contributed by atoms with Crippen molar-refractivity contribution in [3.05, 3.63) is 41.7 Å². The van der Waals surface area contributed by atoms with Gasteiger partial charge in [-0.15, -0.1) is 10.2 Å². The predicted octanol–water partition coefficient (Wildman–Crippen LogP) is 2.33. The lowest BCUT2D eigenvalue weighted by Crippen LogP contribution is -2.48. The van der Waals surface area contributed by atoms with Crippen molar-refractivity contribution in [3.63, 3.8) is 0 Å². The van der Waals surface area contributed by atoms with Crippen LogP contribution < -0.4 is 0 Å². The molecule has 7 nitrogen and oxygen atoms in total. The Morgan fingerprint density at radius 3 is 2.42 bits per heavy atom. The average molecular weight is 328 g/mol. The summed E-state index contributed by atoms with van der Waals surface area (Å²) >= 11 is 0. The first-order chi connectivity index (χ1) is 11.4. The minimum Gasteiger partial charge on any atom is -0.460 e. The second kappa shape index (κ2) is 6.22. The van der Waals surface area contributed by atoms with E-state index in [9.17, 15) is 0 Å². The molecule has 1 aromatic heterocycles. The number of hydrogen-bond acceptors (Lipinski definition) is 5. The fraction of sp³-hybridized carbons (Fsp3) is 0.529. The van der Waals surface area contributed by atoms with E-state index in [1.54, 1.807) is 0 Å². The van der Waals surface area contributed by atoms with Crippen molar-refractivity contribution in [2.45, 2.75) is 44.6 Å². The highest BCUT2D eigenvalue weighted by molar-refractivity contribution is 5.71. The van der Waals surface area contributed by atoms with E-state index in [0.29, 0.717) is 0 Å². The molecule has 0 aliphatic carbocycles. The minimum atomic E-state index is -0.362. The number of benzene rings is 1. The molecular formula is C17H24N6O. The van der Waals surface area contributed by atoms with Crippen molar-refractivity contribution >= 4 is 6.02 Å². The lowest BCUT2D eigenvalue weighted by molar-refractivity contribution is 0.0757. The molecule has 2 heterocycles. The zero-order valence-electron chi connectivity index (χ0n) is 14.4. The van der Waals surface area contributed by atoms with Gasteiger partial charge in [-0.2, -0.15) is 5.21 Å². The first kappa shape index (κ1) is 16.4. The quantitative estimate of drug-likeness (QED) is 0.652. The average Bonchev–Trinajstić information content (AvgIpc) is 3.09. The fourth-order valence-electron chi connectivity index (χ4n) is 3.21. The number of rotatable bonds is 2. The summed E-state index contributed by atoms with van der Waals surface area (Å²) in [7, 11) is 0. The summed E-state index contributed by atoms with van der Waals surface area (Å²) in [6.07, 6.45) is 1.62. The van der Waals surface area contributed by atoms with Gasteiger partial charge in [-0.25, -0.2) is 0 Å². The lowest BCUT2D eigenvalue weighted by Gasteiger charge is -2.41. The van der Waals surface area contributed by atoms with Crippen LogP contribution in [0.25, 0.3) is 0 Å². The predicted molar refractivity (Wildman–Crippen MR) is 90.8 cm³/mol. The second-order valence-electron chi connectivity index (χ2n) is 7.19. The van der Waals surface area contributed by atoms with Gasteiger partial charge in [-0.05, 0) is 39.2 Å². The van der Waals surface area contributed by atoms with Crippen molar-refractivity contribution in [1.82, 2.24) is 25.5 Å². The molecule has 0 radical (unpaired) electrons. The number of nitrogens with one attached hydrogen (secondary N) is 2. The Labute approximate surface area is 141 Å². The number of aromatic nitrogens is 4. The summed E-state index contributed by atoms with van der Waals surface area (Å²) in [6.45, 7) is 7.31. The summed E-state index contributed by atoms with van der Waals surface area (Å²) in [4.78, 5) is 1.98. The van der Waals surface area contributed by atoms with Crippen LogP contribution in [0, 0.1) is 5.41 Å². The zero-order chi connectivity index (χ0) is 17.2. The number of aromatic amines is 1. The van der Waals surface area contributed by atoms with E-state index in [1.165, 1.54) is 5.56 Å². The standard InChI is InChI=1S/C17H24N6O/c1-16(2,3)24-15(18)23-11-9-17(10-12-23,14-19-21-22-20-14)13-7-5-4-6-8-13/h4-8,18H,9-12H2,1-3H3,(H,19,20,21,22). The van der Waals surface area contributed by atoms with Gasteiger partial charge in [0.2, 0.25) is 0 Å². The van der Waals surface area contributed by atoms with Crippen LogP contribution in [0.15, 0.2) is 30.3 Å². The number of H-pyrrole nitrogens is 1. The minimum absolute atomic E-state index is 0.234. The van der Waals surface area contributed by atoms with E-state index in [-0.39, 0.29) is 17.0 Å². The smallest absolute Gasteiger partial charge is 0.284 e. The molecule has 2 N–H and O–H groups in total. The summed E-state index contributed by atoms with van der Waals surface area (Å²) in [5, 5.41) is 23.1. The van der Waals surface area contributed by atoms with Gasteiger partial charge in [0.1, 0.15) is 5.60 Å². The van der Waals surface area contributed by atoms with E-state index in [0.717, 1.165) is 31.8 Å². The van der Waals surface area contributed by atoms with E-state index >= 15 is 0 Å². The molecule has 3 rings (SSSR count). The maximum absolute atomic E-state index is 8.20. The molecule has 1 saturated heterocycles. The summed E-state index contributed by atoms with van der Waals surface area (Å²) < 4.78 is 5.70. The molecule has 0 amide bonds. The Hall–Kier alpha value is -2.44. The van der Waals surface area contributed by atoms with E-state index in [4.69, 9.17) is 10.1 Å². The van der Waals surface area contributed by atoms with Crippen LogP contribution in [0.3, 0.4) is 0 Å². The lowest BCUT2D eigenvalue weighted by atomic mass is 9.72. The molecule has 1 aliphatic heterocycles. The van der Waals surface area contributed by atoms with E-state index in [1.807, 2.05) is 43.9 Å². The van der Waals surface area contributed by atoms with Crippen LogP contribution in [0.2, 0.25) is 0 Å². The number of piperidine rings is 1. The van der Waals surface area contributed by atoms with Crippen LogP contribution in [0.4, 0.5) is 0 Å².